The highest BCUT2D eigenvalue weighted by atomic mass is 15.3. The molecule has 3 heterocycles. The second kappa shape index (κ2) is 6.59. The van der Waals surface area contributed by atoms with Crippen LogP contribution in [0.15, 0.2) is 43.0 Å². The fourth-order valence-electron chi connectivity index (χ4n) is 3.68. The van der Waals surface area contributed by atoms with Gasteiger partial charge in [-0.1, -0.05) is 25.1 Å². The Hall–Kier alpha value is -2.43. The molecule has 5 heteroatoms. The highest BCUT2D eigenvalue weighted by Crippen LogP contribution is 2.31. The summed E-state index contributed by atoms with van der Waals surface area (Å²) in [5.74, 6) is 0.609. The van der Waals surface area contributed by atoms with Gasteiger partial charge >= 0.3 is 0 Å². The lowest BCUT2D eigenvalue weighted by Crippen LogP contribution is -2.37. The topological polar surface area (TPSA) is 46.8 Å². The largest absolute Gasteiger partial charge is 0.371 e. The van der Waals surface area contributed by atoms with Gasteiger partial charge in [0.25, 0.3) is 0 Å². The molecule has 0 radical (unpaired) electrons. The van der Waals surface area contributed by atoms with Crippen molar-refractivity contribution in [2.75, 3.05) is 18.0 Å². The number of hydrogen-bond donors (Lipinski definition) is 0. The lowest BCUT2D eigenvalue weighted by molar-refractivity contribution is 0.352. The van der Waals surface area contributed by atoms with Crippen LogP contribution >= 0.6 is 0 Å². The predicted octanol–water partition coefficient (Wildman–Crippen LogP) is 3.31. The summed E-state index contributed by atoms with van der Waals surface area (Å²) >= 11 is 0. The molecule has 24 heavy (non-hydrogen) atoms. The number of piperidine rings is 1. The summed E-state index contributed by atoms with van der Waals surface area (Å²) in [4.78, 5) is 11.4. The molecule has 0 bridgehead atoms. The molecule has 2 aromatic heterocycles. The van der Waals surface area contributed by atoms with Crippen molar-refractivity contribution < 1.29 is 0 Å². The number of pyridine rings is 1. The summed E-state index contributed by atoms with van der Waals surface area (Å²) in [5.41, 5.74) is 3.60. The Kier molecular flexibility index (Phi) is 4.15. The zero-order valence-electron chi connectivity index (χ0n) is 14.1. The average molecular weight is 321 g/mol. The van der Waals surface area contributed by atoms with Crippen molar-refractivity contribution in [1.29, 1.82) is 0 Å². The third-order valence-corrected chi connectivity index (χ3v) is 4.88. The van der Waals surface area contributed by atoms with Crippen LogP contribution in [0.5, 0.6) is 0 Å². The fraction of sp³-hybridized carbons (Fsp3) is 0.421. The summed E-state index contributed by atoms with van der Waals surface area (Å²) in [7, 11) is 0. The second-order valence-electron chi connectivity index (χ2n) is 6.58. The molecule has 1 atom stereocenters. The minimum atomic E-state index is 0.609. The Labute approximate surface area is 142 Å². The molecule has 5 nitrogen and oxygen atoms in total. The molecular formula is C19H23N5. The van der Waals surface area contributed by atoms with Crippen molar-refractivity contribution >= 4 is 16.6 Å². The first kappa shape index (κ1) is 15.1. The summed E-state index contributed by atoms with van der Waals surface area (Å²) < 4.78 is 1.95. The van der Waals surface area contributed by atoms with E-state index in [2.05, 4.69) is 52.2 Å². The van der Waals surface area contributed by atoms with Crippen LogP contribution in [-0.2, 0) is 13.0 Å². The molecule has 1 saturated heterocycles. The number of hydrogen-bond acceptors (Lipinski definition) is 4. The summed E-state index contributed by atoms with van der Waals surface area (Å²) in [6.45, 7) is 5.30. The molecule has 1 aromatic carbocycles. The van der Waals surface area contributed by atoms with Gasteiger partial charge in [0.1, 0.15) is 12.7 Å². The Morgan fingerprint density at radius 2 is 2.17 bits per heavy atom. The van der Waals surface area contributed by atoms with E-state index in [1.54, 1.807) is 6.33 Å². The third-order valence-electron chi connectivity index (χ3n) is 4.88. The molecule has 4 rings (SSSR count). The fourth-order valence-corrected chi connectivity index (χ4v) is 3.68. The van der Waals surface area contributed by atoms with Gasteiger partial charge in [-0.3, -0.25) is 9.67 Å². The van der Waals surface area contributed by atoms with E-state index in [1.807, 2.05) is 11.0 Å². The number of rotatable bonds is 4. The molecule has 1 aliphatic heterocycles. The van der Waals surface area contributed by atoms with Crippen LogP contribution in [0.2, 0.25) is 0 Å². The highest BCUT2D eigenvalue weighted by Gasteiger charge is 2.22. The van der Waals surface area contributed by atoms with Crippen LogP contribution in [0.3, 0.4) is 0 Å². The Bertz CT molecular complexity index is 812. The van der Waals surface area contributed by atoms with Crippen LogP contribution in [0.1, 0.15) is 25.5 Å². The predicted molar refractivity (Wildman–Crippen MR) is 96.1 cm³/mol. The van der Waals surface area contributed by atoms with E-state index in [9.17, 15) is 0 Å². The van der Waals surface area contributed by atoms with Gasteiger partial charge in [0.2, 0.25) is 0 Å². The number of para-hydroxylation sites is 1. The molecule has 1 aliphatic rings. The van der Waals surface area contributed by atoms with Gasteiger partial charge in [0.05, 0.1) is 5.52 Å². The smallest absolute Gasteiger partial charge is 0.137 e. The van der Waals surface area contributed by atoms with Gasteiger partial charge in [0.15, 0.2) is 0 Å². The van der Waals surface area contributed by atoms with Gasteiger partial charge in [-0.15, -0.1) is 0 Å². The summed E-state index contributed by atoms with van der Waals surface area (Å²) in [6, 6.07) is 10.8. The molecule has 0 N–H and O–H groups in total. The van der Waals surface area contributed by atoms with E-state index in [0.29, 0.717) is 5.92 Å². The van der Waals surface area contributed by atoms with Crippen LogP contribution in [0, 0.1) is 5.92 Å². The number of nitrogens with zero attached hydrogens (tertiary/aromatic N) is 5. The standard InChI is InChI=1S/C19H23N5/c1-2-16-10-19(17-7-3-4-8-18(17)22-16)23-9-5-6-15(11-23)12-24-14-20-13-21-24/h3-4,7-8,10,13-15H,2,5-6,9,11-12H2,1H3. The van der Waals surface area contributed by atoms with E-state index in [4.69, 9.17) is 4.98 Å². The maximum Gasteiger partial charge on any atom is 0.137 e. The Balaban J connectivity index is 1.63. The van der Waals surface area contributed by atoms with Gasteiger partial charge in [0, 0.05) is 36.4 Å². The van der Waals surface area contributed by atoms with Crippen LogP contribution < -0.4 is 4.90 Å². The zero-order chi connectivity index (χ0) is 16.4. The maximum atomic E-state index is 4.78. The van der Waals surface area contributed by atoms with E-state index >= 15 is 0 Å². The van der Waals surface area contributed by atoms with E-state index in [-0.39, 0.29) is 0 Å². The first-order valence-electron chi connectivity index (χ1n) is 8.79. The normalized spacial score (nSPS) is 18.2. The van der Waals surface area contributed by atoms with Crippen molar-refractivity contribution in [2.24, 2.45) is 5.92 Å². The monoisotopic (exact) mass is 321 g/mol. The van der Waals surface area contributed by atoms with Crippen molar-refractivity contribution in [3.63, 3.8) is 0 Å². The minimum absolute atomic E-state index is 0.609. The first-order valence-corrected chi connectivity index (χ1v) is 8.79. The minimum Gasteiger partial charge on any atom is -0.371 e. The van der Waals surface area contributed by atoms with Crippen LogP contribution in [-0.4, -0.2) is 32.8 Å². The van der Waals surface area contributed by atoms with Crippen LogP contribution in [0.25, 0.3) is 10.9 Å². The van der Waals surface area contributed by atoms with Gasteiger partial charge < -0.3 is 4.90 Å². The molecule has 1 unspecified atom stereocenters. The molecule has 3 aromatic rings. The first-order chi connectivity index (χ1) is 11.8. The zero-order valence-corrected chi connectivity index (χ0v) is 14.1. The molecule has 0 spiro atoms. The Morgan fingerprint density at radius 1 is 1.25 bits per heavy atom. The molecule has 124 valence electrons. The summed E-state index contributed by atoms with van der Waals surface area (Å²) in [5, 5.41) is 5.52. The second-order valence-corrected chi connectivity index (χ2v) is 6.58. The lowest BCUT2D eigenvalue weighted by atomic mass is 9.97. The molecule has 0 aliphatic carbocycles. The average Bonchev–Trinajstić information content (AvgIpc) is 3.14. The lowest BCUT2D eigenvalue weighted by Gasteiger charge is -2.35. The Morgan fingerprint density at radius 3 is 3.00 bits per heavy atom. The number of benzene rings is 1. The van der Waals surface area contributed by atoms with E-state index in [1.165, 1.54) is 29.6 Å². The van der Waals surface area contributed by atoms with Crippen LogP contribution in [0.4, 0.5) is 5.69 Å². The number of aromatic nitrogens is 4. The van der Waals surface area contributed by atoms with Gasteiger partial charge in [-0.25, -0.2) is 4.98 Å². The number of anilines is 1. The van der Waals surface area contributed by atoms with Gasteiger partial charge in [-0.2, -0.15) is 5.10 Å². The quantitative estimate of drug-likeness (QED) is 0.740. The molecule has 1 fully saturated rings. The molecule has 0 saturated carbocycles. The van der Waals surface area contributed by atoms with Gasteiger partial charge in [-0.05, 0) is 37.3 Å². The maximum absolute atomic E-state index is 4.78. The van der Waals surface area contributed by atoms with E-state index < -0.39 is 0 Å². The van der Waals surface area contributed by atoms with Crippen molar-refractivity contribution in [3.05, 3.63) is 48.7 Å². The molecular weight excluding hydrogens is 298 g/mol. The third kappa shape index (κ3) is 2.98. The van der Waals surface area contributed by atoms with E-state index in [0.717, 1.165) is 31.6 Å². The van der Waals surface area contributed by atoms with Crippen molar-refractivity contribution in [3.8, 4) is 0 Å². The van der Waals surface area contributed by atoms with Crippen molar-refractivity contribution in [1.82, 2.24) is 19.7 Å². The van der Waals surface area contributed by atoms with Crippen molar-refractivity contribution in [2.45, 2.75) is 32.7 Å². The molecule has 0 amide bonds. The highest BCUT2D eigenvalue weighted by molar-refractivity contribution is 5.92. The number of fused-ring (bicyclic) bond motifs is 1. The SMILES string of the molecule is CCc1cc(N2CCCC(Cn3cncn3)C2)c2ccccc2n1. The number of aryl methyl sites for hydroxylation is 1. The summed E-state index contributed by atoms with van der Waals surface area (Å²) in [6.07, 6.45) is 6.87.